The van der Waals surface area contributed by atoms with Crippen LogP contribution >= 0.6 is 11.6 Å². The number of rotatable bonds is 2. The van der Waals surface area contributed by atoms with Gasteiger partial charge in [-0.2, -0.15) is 0 Å². The first-order chi connectivity index (χ1) is 8.09. The van der Waals surface area contributed by atoms with Gasteiger partial charge in [0.05, 0.1) is 0 Å². The van der Waals surface area contributed by atoms with Crippen molar-refractivity contribution in [1.82, 2.24) is 0 Å². The highest BCUT2D eigenvalue weighted by Crippen LogP contribution is 2.35. The van der Waals surface area contributed by atoms with Crippen LogP contribution in [0.1, 0.15) is 24.4 Å². The Morgan fingerprint density at radius 1 is 1.41 bits per heavy atom. The van der Waals surface area contributed by atoms with Crippen molar-refractivity contribution in [3.63, 3.8) is 0 Å². The van der Waals surface area contributed by atoms with Gasteiger partial charge in [-0.1, -0.05) is 11.6 Å². The van der Waals surface area contributed by atoms with Crippen LogP contribution < -0.4 is 5.73 Å². The largest absolute Gasteiger partial charge is 0.505 e. The van der Waals surface area contributed by atoms with E-state index in [1.54, 1.807) is 0 Å². The van der Waals surface area contributed by atoms with Crippen molar-refractivity contribution >= 4 is 11.6 Å². The molecule has 1 saturated heterocycles. The number of ether oxygens (including phenoxy) is 1. The Labute approximate surface area is 104 Å². The molecule has 0 unspecified atom stereocenters. The van der Waals surface area contributed by atoms with Gasteiger partial charge in [0.1, 0.15) is 0 Å². The lowest BCUT2D eigenvalue weighted by atomic mass is 9.87. The molecule has 1 aromatic rings. The molecule has 2 rings (SSSR count). The van der Waals surface area contributed by atoms with Crippen LogP contribution in [0.2, 0.25) is 5.02 Å². The van der Waals surface area contributed by atoms with E-state index in [0.29, 0.717) is 18.8 Å². The Morgan fingerprint density at radius 3 is 2.71 bits per heavy atom. The molecule has 1 atom stereocenters. The Morgan fingerprint density at radius 2 is 2.06 bits per heavy atom. The summed E-state index contributed by atoms with van der Waals surface area (Å²) in [4.78, 5) is 0. The Bertz CT molecular complexity index is 408. The minimum Gasteiger partial charge on any atom is -0.505 e. The van der Waals surface area contributed by atoms with Crippen molar-refractivity contribution in [3.05, 3.63) is 28.5 Å². The molecule has 0 spiro atoms. The van der Waals surface area contributed by atoms with Crippen LogP contribution in [0.15, 0.2) is 12.1 Å². The molecular formula is C12H15ClFNO2. The third kappa shape index (κ3) is 2.70. The summed E-state index contributed by atoms with van der Waals surface area (Å²) in [7, 11) is 0. The smallest absolute Gasteiger partial charge is 0.166 e. The van der Waals surface area contributed by atoms with E-state index in [9.17, 15) is 9.50 Å². The number of aromatic hydroxyl groups is 1. The van der Waals surface area contributed by atoms with Crippen LogP contribution in [0.25, 0.3) is 0 Å². The zero-order valence-corrected chi connectivity index (χ0v) is 10.1. The molecule has 0 radical (unpaired) electrons. The summed E-state index contributed by atoms with van der Waals surface area (Å²) in [5.41, 5.74) is 6.44. The quantitative estimate of drug-likeness (QED) is 0.858. The van der Waals surface area contributed by atoms with Gasteiger partial charge in [0.25, 0.3) is 0 Å². The second kappa shape index (κ2) is 5.21. The van der Waals surface area contributed by atoms with Crippen molar-refractivity contribution in [1.29, 1.82) is 0 Å². The zero-order chi connectivity index (χ0) is 12.4. The molecule has 1 aliphatic heterocycles. The lowest BCUT2D eigenvalue weighted by molar-refractivity contribution is 0.0580. The molecule has 1 heterocycles. The number of hydrogen-bond donors (Lipinski definition) is 2. The Balaban J connectivity index is 2.26. The standard InChI is InChI=1S/C12H15ClFNO2/c13-8-5-9(12(16)10(14)6-8)11(15)7-1-3-17-4-2-7/h5-7,11,16H,1-4,15H2/t11-/m0/s1. The monoisotopic (exact) mass is 259 g/mol. The number of nitrogens with two attached hydrogens (primary N) is 1. The molecule has 94 valence electrons. The molecule has 0 bridgehead atoms. The molecule has 0 aliphatic carbocycles. The van der Waals surface area contributed by atoms with Crippen LogP contribution in [0.3, 0.4) is 0 Å². The van der Waals surface area contributed by atoms with Gasteiger partial charge in [0.2, 0.25) is 0 Å². The van der Waals surface area contributed by atoms with E-state index in [0.717, 1.165) is 18.9 Å². The van der Waals surface area contributed by atoms with Gasteiger partial charge in [-0.25, -0.2) is 4.39 Å². The lowest BCUT2D eigenvalue weighted by Crippen LogP contribution is -2.27. The number of hydrogen-bond acceptors (Lipinski definition) is 3. The van der Waals surface area contributed by atoms with Crippen LogP contribution in [0.4, 0.5) is 4.39 Å². The van der Waals surface area contributed by atoms with Gasteiger partial charge in [0, 0.05) is 29.8 Å². The lowest BCUT2D eigenvalue weighted by Gasteiger charge is -2.28. The summed E-state index contributed by atoms with van der Waals surface area (Å²) in [5, 5.41) is 9.93. The van der Waals surface area contributed by atoms with Crippen LogP contribution in [-0.2, 0) is 4.74 Å². The number of phenols is 1. The average molecular weight is 260 g/mol. The predicted molar refractivity (Wildman–Crippen MR) is 63.5 cm³/mol. The Kier molecular flexibility index (Phi) is 3.86. The van der Waals surface area contributed by atoms with Crippen molar-refractivity contribution in [2.24, 2.45) is 11.7 Å². The fourth-order valence-corrected chi connectivity index (χ4v) is 2.38. The van der Waals surface area contributed by atoms with Gasteiger partial charge in [-0.3, -0.25) is 0 Å². The summed E-state index contributed by atoms with van der Waals surface area (Å²) < 4.78 is 18.6. The SMILES string of the molecule is N[C@H](c1cc(Cl)cc(F)c1O)C1CCOCC1. The van der Waals surface area contributed by atoms with E-state index in [2.05, 4.69) is 0 Å². The van der Waals surface area contributed by atoms with Crippen molar-refractivity contribution in [2.75, 3.05) is 13.2 Å². The minimum absolute atomic E-state index is 0.188. The normalized spacial score (nSPS) is 19.2. The molecule has 0 saturated carbocycles. The maximum Gasteiger partial charge on any atom is 0.166 e. The van der Waals surface area contributed by atoms with E-state index >= 15 is 0 Å². The fourth-order valence-electron chi connectivity index (χ4n) is 2.17. The molecule has 5 heteroatoms. The van der Waals surface area contributed by atoms with Gasteiger partial charge >= 0.3 is 0 Å². The highest BCUT2D eigenvalue weighted by atomic mass is 35.5. The van der Waals surface area contributed by atoms with E-state index < -0.39 is 17.6 Å². The second-order valence-corrected chi connectivity index (χ2v) is 4.74. The van der Waals surface area contributed by atoms with E-state index in [1.807, 2.05) is 0 Å². The molecule has 3 nitrogen and oxygen atoms in total. The molecule has 1 fully saturated rings. The second-order valence-electron chi connectivity index (χ2n) is 4.30. The molecular weight excluding hydrogens is 245 g/mol. The molecule has 1 aliphatic rings. The van der Waals surface area contributed by atoms with Crippen LogP contribution in [0, 0.1) is 11.7 Å². The van der Waals surface area contributed by atoms with E-state index in [-0.39, 0.29) is 10.9 Å². The average Bonchev–Trinajstić information content (AvgIpc) is 2.34. The Hall–Kier alpha value is -0.840. The first-order valence-corrected chi connectivity index (χ1v) is 5.98. The van der Waals surface area contributed by atoms with Crippen LogP contribution in [0.5, 0.6) is 5.75 Å². The van der Waals surface area contributed by atoms with E-state index in [4.69, 9.17) is 22.1 Å². The highest BCUT2D eigenvalue weighted by Gasteiger charge is 2.25. The molecule has 0 aromatic heterocycles. The van der Waals surface area contributed by atoms with Gasteiger partial charge in [-0.15, -0.1) is 0 Å². The number of benzene rings is 1. The van der Waals surface area contributed by atoms with Crippen molar-refractivity contribution < 1.29 is 14.2 Å². The summed E-state index contributed by atoms with van der Waals surface area (Å²) in [6.45, 7) is 1.31. The summed E-state index contributed by atoms with van der Waals surface area (Å²) in [5.74, 6) is -0.934. The molecule has 1 aromatic carbocycles. The first kappa shape index (κ1) is 12.6. The third-order valence-corrected chi connectivity index (χ3v) is 3.41. The van der Waals surface area contributed by atoms with E-state index in [1.165, 1.54) is 6.07 Å². The first-order valence-electron chi connectivity index (χ1n) is 5.61. The minimum atomic E-state index is -0.727. The summed E-state index contributed by atoms with van der Waals surface area (Å²) in [6, 6.07) is 2.20. The highest BCUT2D eigenvalue weighted by molar-refractivity contribution is 6.30. The molecule has 3 N–H and O–H groups in total. The van der Waals surface area contributed by atoms with Gasteiger partial charge < -0.3 is 15.6 Å². The van der Waals surface area contributed by atoms with Crippen molar-refractivity contribution in [3.8, 4) is 5.75 Å². The van der Waals surface area contributed by atoms with Gasteiger partial charge in [0.15, 0.2) is 11.6 Å². The number of phenolic OH excluding ortho intramolecular Hbond substituents is 1. The van der Waals surface area contributed by atoms with Crippen LogP contribution in [-0.4, -0.2) is 18.3 Å². The fraction of sp³-hybridized carbons (Fsp3) is 0.500. The molecule has 0 amide bonds. The zero-order valence-electron chi connectivity index (χ0n) is 9.33. The topological polar surface area (TPSA) is 55.5 Å². The maximum absolute atomic E-state index is 13.4. The predicted octanol–water partition coefficient (Wildman–Crippen LogP) is 2.61. The molecule has 17 heavy (non-hydrogen) atoms. The van der Waals surface area contributed by atoms with Gasteiger partial charge in [-0.05, 0) is 30.9 Å². The summed E-state index contributed by atoms with van der Waals surface area (Å²) >= 11 is 5.77. The third-order valence-electron chi connectivity index (χ3n) is 3.19. The summed E-state index contributed by atoms with van der Waals surface area (Å²) in [6.07, 6.45) is 1.63. The van der Waals surface area contributed by atoms with Crippen molar-refractivity contribution in [2.45, 2.75) is 18.9 Å². The maximum atomic E-state index is 13.4. The number of halogens is 2.